The quantitative estimate of drug-likeness (QED) is 0.741. The van der Waals surface area contributed by atoms with Gasteiger partial charge in [-0.2, -0.15) is 5.10 Å². The van der Waals surface area contributed by atoms with E-state index >= 15 is 0 Å². The first-order chi connectivity index (χ1) is 14.0. The number of carbonyl (C=O) groups is 2. The molecule has 8 heteroatoms. The van der Waals surface area contributed by atoms with Gasteiger partial charge in [0.15, 0.2) is 5.82 Å². The van der Waals surface area contributed by atoms with E-state index in [1.54, 1.807) is 28.9 Å². The van der Waals surface area contributed by atoms with Crippen LogP contribution in [0.4, 0.5) is 4.39 Å². The van der Waals surface area contributed by atoms with E-state index in [2.05, 4.69) is 15.4 Å². The van der Waals surface area contributed by atoms with Crippen molar-refractivity contribution in [3.8, 4) is 5.82 Å². The van der Waals surface area contributed by atoms with E-state index in [0.717, 1.165) is 11.4 Å². The van der Waals surface area contributed by atoms with Gasteiger partial charge in [-0.15, -0.1) is 0 Å². The van der Waals surface area contributed by atoms with Crippen molar-refractivity contribution in [2.24, 2.45) is 0 Å². The maximum atomic E-state index is 14.3. The van der Waals surface area contributed by atoms with Gasteiger partial charge < -0.3 is 10.2 Å². The number of aromatic nitrogens is 3. The summed E-state index contributed by atoms with van der Waals surface area (Å²) in [5.74, 6) is -0.706. The highest BCUT2D eigenvalue weighted by Gasteiger charge is 2.36. The molecule has 0 aliphatic carbocycles. The lowest BCUT2D eigenvalue weighted by atomic mass is 10.0. The third-order valence-electron chi connectivity index (χ3n) is 4.89. The number of piperazine rings is 1. The van der Waals surface area contributed by atoms with Crippen molar-refractivity contribution in [2.45, 2.75) is 19.9 Å². The summed E-state index contributed by atoms with van der Waals surface area (Å²) < 4.78 is 16.0. The molecule has 7 nitrogen and oxygen atoms in total. The van der Waals surface area contributed by atoms with Crippen molar-refractivity contribution in [1.82, 2.24) is 25.0 Å². The highest BCUT2D eigenvalue weighted by atomic mass is 19.1. The predicted molar refractivity (Wildman–Crippen MR) is 104 cm³/mol. The van der Waals surface area contributed by atoms with Crippen molar-refractivity contribution < 1.29 is 14.0 Å². The number of nitrogens with one attached hydrogen (secondary N) is 1. The van der Waals surface area contributed by atoms with E-state index in [9.17, 15) is 14.0 Å². The molecule has 4 rings (SSSR count). The van der Waals surface area contributed by atoms with E-state index in [1.165, 1.54) is 23.2 Å². The Morgan fingerprint density at radius 1 is 1.21 bits per heavy atom. The third-order valence-corrected chi connectivity index (χ3v) is 4.89. The number of nitrogens with zero attached hydrogens (tertiary/aromatic N) is 4. The number of rotatable bonds is 3. The van der Waals surface area contributed by atoms with Crippen LogP contribution in [0.15, 0.2) is 48.7 Å². The monoisotopic (exact) mass is 393 g/mol. The van der Waals surface area contributed by atoms with Gasteiger partial charge in [0, 0.05) is 30.5 Å². The van der Waals surface area contributed by atoms with Crippen molar-refractivity contribution in [1.29, 1.82) is 0 Å². The summed E-state index contributed by atoms with van der Waals surface area (Å²) in [7, 11) is 0. The molecular formula is C21H20FN5O2. The largest absolute Gasteiger partial charge is 0.352 e. The Kier molecular flexibility index (Phi) is 4.84. The normalized spacial score (nSPS) is 16.6. The molecule has 0 bridgehead atoms. The Hall–Kier alpha value is -3.55. The van der Waals surface area contributed by atoms with Crippen LogP contribution in [0, 0.1) is 19.7 Å². The molecule has 1 aliphatic heterocycles. The first-order valence-electron chi connectivity index (χ1n) is 9.28. The average Bonchev–Trinajstić information content (AvgIpc) is 3.06. The molecule has 148 valence electrons. The SMILES string of the molecule is Cc1cc(C)n(-c2ccc(C(=O)N3CCNC(=O)C3c3ccccc3F)cn2)n1. The molecule has 0 spiro atoms. The van der Waals surface area contributed by atoms with Crippen LogP contribution in [0.25, 0.3) is 5.82 Å². The van der Waals surface area contributed by atoms with E-state index in [0.29, 0.717) is 17.9 Å². The number of aryl methyl sites for hydroxylation is 2. The van der Waals surface area contributed by atoms with Crippen LogP contribution in [0.1, 0.15) is 33.4 Å². The van der Waals surface area contributed by atoms with E-state index in [4.69, 9.17) is 0 Å². The van der Waals surface area contributed by atoms with Gasteiger partial charge in [0.2, 0.25) is 5.91 Å². The number of carbonyl (C=O) groups excluding carboxylic acids is 2. The van der Waals surface area contributed by atoms with E-state index in [1.807, 2.05) is 19.9 Å². The first kappa shape index (κ1) is 18.8. The summed E-state index contributed by atoms with van der Waals surface area (Å²) in [5.41, 5.74) is 2.30. The second-order valence-corrected chi connectivity index (χ2v) is 6.96. The lowest BCUT2D eigenvalue weighted by molar-refractivity contribution is -0.128. The third kappa shape index (κ3) is 3.49. The summed E-state index contributed by atoms with van der Waals surface area (Å²) >= 11 is 0. The maximum absolute atomic E-state index is 14.3. The molecule has 1 saturated heterocycles. The van der Waals surface area contributed by atoms with Crippen LogP contribution in [0.3, 0.4) is 0 Å². The molecule has 1 aliphatic rings. The number of hydrogen-bond acceptors (Lipinski definition) is 4. The lowest BCUT2D eigenvalue weighted by Gasteiger charge is -2.35. The molecule has 0 saturated carbocycles. The zero-order chi connectivity index (χ0) is 20.5. The summed E-state index contributed by atoms with van der Waals surface area (Å²) in [4.78, 5) is 31.3. The Labute approximate surface area is 167 Å². The molecular weight excluding hydrogens is 373 g/mol. The molecule has 3 aromatic rings. The Morgan fingerprint density at radius 3 is 2.66 bits per heavy atom. The van der Waals surface area contributed by atoms with Crippen molar-refractivity contribution in [2.75, 3.05) is 13.1 Å². The van der Waals surface area contributed by atoms with Crippen LogP contribution in [0.2, 0.25) is 0 Å². The Morgan fingerprint density at radius 2 is 2.00 bits per heavy atom. The number of hydrogen-bond donors (Lipinski definition) is 1. The van der Waals surface area contributed by atoms with E-state index in [-0.39, 0.29) is 18.0 Å². The molecule has 1 fully saturated rings. The predicted octanol–water partition coefficient (Wildman–Crippen LogP) is 2.34. The smallest absolute Gasteiger partial charge is 0.256 e. The molecule has 1 aromatic carbocycles. The van der Waals surface area contributed by atoms with Crippen molar-refractivity contribution >= 4 is 11.8 Å². The fraction of sp³-hybridized carbons (Fsp3) is 0.238. The number of pyridine rings is 1. The van der Waals surface area contributed by atoms with Crippen LogP contribution in [0.5, 0.6) is 0 Å². The van der Waals surface area contributed by atoms with Gasteiger partial charge in [0.25, 0.3) is 5.91 Å². The number of benzene rings is 1. The minimum atomic E-state index is -1.02. The van der Waals surface area contributed by atoms with Gasteiger partial charge in [-0.3, -0.25) is 9.59 Å². The van der Waals surface area contributed by atoms with Gasteiger partial charge in [0.05, 0.1) is 11.3 Å². The Balaban J connectivity index is 1.64. The van der Waals surface area contributed by atoms with Crippen LogP contribution >= 0.6 is 0 Å². The molecule has 1 N–H and O–H groups in total. The highest BCUT2D eigenvalue weighted by molar-refractivity contribution is 5.98. The number of amides is 2. The van der Waals surface area contributed by atoms with Gasteiger partial charge in [-0.25, -0.2) is 14.1 Å². The van der Waals surface area contributed by atoms with Crippen LogP contribution in [-0.2, 0) is 4.79 Å². The van der Waals surface area contributed by atoms with Gasteiger partial charge in [0.1, 0.15) is 11.9 Å². The fourth-order valence-electron chi connectivity index (χ4n) is 3.56. The summed E-state index contributed by atoms with van der Waals surface area (Å²) in [5, 5.41) is 7.09. The van der Waals surface area contributed by atoms with Crippen LogP contribution in [-0.4, -0.2) is 44.6 Å². The maximum Gasteiger partial charge on any atom is 0.256 e. The summed E-state index contributed by atoms with van der Waals surface area (Å²) in [6, 6.07) is 10.3. The standard InChI is InChI=1S/C21H20FN5O2/c1-13-11-14(2)27(25-13)18-8-7-15(12-24-18)21(29)26-10-9-23-20(28)19(26)16-5-3-4-6-17(16)22/h3-8,11-12,19H,9-10H2,1-2H3,(H,23,28). The summed E-state index contributed by atoms with van der Waals surface area (Å²) in [6.07, 6.45) is 1.46. The fourth-order valence-corrected chi connectivity index (χ4v) is 3.56. The minimum absolute atomic E-state index is 0.172. The highest BCUT2D eigenvalue weighted by Crippen LogP contribution is 2.27. The second kappa shape index (κ2) is 7.46. The van der Waals surface area contributed by atoms with E-state index < -0.39 is 17.8 Å². The second-order valence-electron chi connectivity index (χ2n) is 6.96. The average molecular weight is 393 g/mol. The molecule has 29 heavy (non-hydrogen) atoms. The van der Waals surface area contributed by atoms with Gasteiger partial charge >= 0.3 is 0 Å². The van der Waals surface area contributed by atoms with Gasteiger partial charge in [-0.05, 0) is 38.1 Å². The van der Waals surface area contributed by atoms with Crippen molar-refractivity contribution in [3.63, 3.8) is 0 Å². The van der Waals surface area contributed by atoms with Gasteiger partial charge in [-0.1, -0.05) is 18.2 Å². The lowest BCUT2D eigenvalue weighted by Crippen LogP contribution is -2.52. The Bertz CT molecular complexity index is 1080. The molecule has 3 heterocycles. The zero-order valence-corrected chi connectivity index (χ0v) is 16.1. The molecule has 2 aromatic heterocycles. The molecule has 0 radical (unpaired) electrons. The molecule has 1 unspecified atom stereocenters. The molecule has 2 amide bonds. The molecule has 1 atom stereocenters. The van der Waals surface area contributed by atoms with Crippen LogP contribution < -0.4 is 5.32 Å². The minimum Gasteiger partial charge on any atom is -0.352 e. The first-order valence-corrected chi connectivity index (χ1v) is 9.28. The topological polar surface area (TPSA) is 80.1 Å². The zero-order valence-electron chi connectivity index (χ0n) is 16.1. The van der Waals surface area contributed by atoms with Crippen molar-refractivity contribution in [3.05, 3.63) is 77.0 Å². The number of halogens is 1. The summed E-state index contributed by atoms with van der Waals surface area (Å²) in [6.45, 7) is 4.41.